The molecule has 0 aromatic heterocycles. The second-order valence-electron chi connectivity index (χ2n) is 18.7. The number of carbonyl (C=O) groups is 4. The molecule has 0 N–H and O–H groups in total. The van der Waals surface area contributed by atoms with Crippen LogP contribution in [-0.4, -0.2) is 63.7 Å². The van der Waals surface area contributed by atoms with Gasteiger partial charge in [0, 0.05) is 29.6 Å². The maximum Gasteiger partial charge on any atom is 0.508 e. The highest BCUT2D eigenvalue weighted by atomic mass is 16.7. The van der Waals surface area contributed by atoms with E-state index >= 15 is 0 Å². The SMILES string of the molecule is C=CC(=O)OCCCc1cc(-c2ccc(C3CCC(C4CCC(CCCCC)CC4)CC3)cc2)cc(CCCOC(=O)C(=C)C)c1OCCCOC(=O)C(=C)CCCC1COC(=O)OC1. The molecule has 2 aromatic rings. The Morgan fingerprint density at radius 2 is 1.26 bits per heavy atom. The predicted octanol–water partition coefficient (Wildman–Crippen LogP) is 12.5. The van der Waals surface area contributed by atoms with Crippen molar-refractivity contribution in [3.63, 3.8) is 0 Å². The largest absolute Gasteiger partial charge is 0.508 e. The molecule has 10 nitrogen and oxygen atoms in total. The molecule has 0 bridgehead atoms. The third-order valence-corrected chi connectivity index (χ3v) is 13.7. The van der Waals surface area contributed by atoms with Crippen molar-refractivity contribution in [1.82, 2.24) is 0 Å². The lowest BCUT2D eigenvalue weighted by Crippen LogP contribution is -2.27. The summed E-state index contributed by atoms with van der Waals surface area (Å²) in [5.74, 6) is 2.88. The molecule has 10 heteroatoms. The van der Waals surface area contributed by atoms with Crippen LogP contribution in [0.5, 0.6) is 5.75 Å². The zero-order chi connectivity index (χ0) is 46.4. The summed E-state index contributed by atoms with van der Waals surface area (Å²) in [6, 6.07) is 13.5. The summed E-state index contributed by atoms with van der Waals surface area (Å²) < 4.78 is 32.7. The monoisotopic (exact) mass is 897 g/mol. The fraction of sp³-hybridized carbons (Fsp3) is 0.600. The lowest BCUT2D eigenvalue weighted by Gasteiger charge is -2.38. The fourth-order valence-electron chi connectivity index (χ4n) is 9.86. The third-order valence-electron chi connectivity index (χ3n) is 13.7. The van der Waals surface area contributed by atoms with Gasteiger partial charge < -0.3 is 28.4 Å². The summed E-state index contributed by atoms with van der Waals surface area (Å²) in [7, 11) is 0. The van der Waals surface area contributed by atoms with Gasteiger partial charge in [-0.2, -0.15) is 0 Å². The van der Waals surface area contributed by atoms with E-state index in [9.17, 15) is 19.2 Å². The normalized spacial score (nSPS) is 19.9. The van der Waals surface area contributed by atoms with E-state index in [1.165, 1.54) is 88.7 Å². The van der Waals surface area contributed by atoms with Crippen molar-refractivity contribution in [3.8, 4) is 16.9 Å². The van der Waals surface area contributed by atoms with Gasteiger partial charge in [0.25, 0.3) is 0 Å². The molecule has 356 valence electrons. The van der Waals surface area contributed by atoms with Gasteiger partial charge in [0.1, 0.15) is 19.0 Å². The quantitative estimate of drug-likeness (QED) is 0.0370. The molecule has 1 saturated heterocycles. The predicted molar refractivity (Wildman–Crippen MR) is 255 cm³/mol. The lowest BCUT2D eigenvalue weighted by molar-refractivity contribution is -0.140. The first-order valence-corrected chi connectivity index (χ1v) is 24.7. The minimum Gasteiger partial charge on any atom is -0.493 e. The van der Waals surface area contributed by atoms with Crippen LogP contribution in [0.25, 0.3) is 11.1 Å². The Labute approximate surface area is 388 Å². The number of rotatable bonds is 27. The maximum atomic E-state index is 12.7. The summed E-state index contributed by atoms with van der Waals surface area (Å²) in [6.45, 7) is 16.6. The number of benzene rings is 2. The van der Waals surface area contributed by atoms with E-state index in [-0.39, 0.29) is 25.7 Å². The summed E-state index contributed by atoms with van der Waals surface area (Å²) in [5.41, 5.74) is 6.31. The molecule has 5 rings (SSSR count). The van der Waals surface area contributed by atoms with E-state index in [1.54, 1.807) is 6.92 Å². The zero-order valence-electron chi connectivity index (χ0n) is 39.5. The van der Waals surface area contributed by atoms with E-state index in [1.807, 2.05) is 0 Å². The van der Waals surface area contributed by atoms with E-state index in [0.717, 1.165) is 52.2 Å². The highest BCUT2D eigenvalue weighted by molar-refractivity contribution is 5.87. The molecule has 0 atom stereocenters. The summed E-state index contributed by atoms with van der Waals surface area (Å²) >= 11 is 0. The van der Waals surface area contributed by atoms with E-state index < -0.39 is 24.1 Å². The minimum atomic E-state index is -0.640. The van der Waals surface area contributed by atoms with Gasteiger partial charge in [-0.15, -0.1) is 0 Å². The van der Waals surface area contributed by atoms with Gasteiger partial charge in [-0.3, -0.25) is 0 Å². The molecule has 1 heterocycles. The number of hydrogen-bond acceptors (Lipinski definition) is 10. The van der Waals surface area contributed by atoms with Crippen molar-refractivity contribution < 1.29 is 47.6 Å². The van der Waals surface area contributed by atoms with Crippen molar-refractivity contribution in [2.45, 2.75) is 148 Å². The molecular weight excluding hydrogens is 821 g/mol. The number of ether oxygens (including phenoxy) is 6. The molecule has 3 fully saturated rings. The van der Waals surface area contributed by atoms with Crippen LogP contribution in [0.15, 0.2) is 73.4 Å². The number of aryl methyl sites for hydroxylation is 2. The lowest BCUT2D eigenvalue weighted by atomic mass is 9.68. The third kappa shape index (κ3) is 17.1. The van der Waals surface area contributed by atoms with Gasteiger partial charge in [0.05, 0.1) is 26.4 Å². The number of cyclic esters (lactones) is 2. The van der Waals surface area contributed by atoms with Crippen LogP contribution in [0.1, 0.15) is 152 Å². The van der Waals surface area contributed by atoms with E-state index in [4.69, 9.17) is 28.4 Å². The average molecular weight is 897 g/mol. The van der Waals surface area contributed by atoms with Crippen LogP contribution < -0.4 is 4.74 Å². The van der Waals surface area contributed by atoms with Gasteiger partial charge in [0.2, 0.25) is 0 Å². The molecule has 65 heavy (non-hydrogen) atoms. The highest BCUT2D eigenvalue weighted by Crippen LogP contribution is 2.45. The van der Waals surface area contributed by atoms with Crippen LogP contribution >= 0.6 is 0 Å². The Morgan fingerprint density at radius 3 is 1.88 bits per heavy atom. The van der Waals surface area contributed by atoms with Gasteiger partial charge in [-0.05, 0) is 154 Å². The van der Waals surface area contributed by atoms with E-state index in [2.05, 4.69) is 63.1 Å². The first-order chi connectivity index (χ1) is 31.5. The Bertz CT molecular complexity index is 1850. The highest BCUT2D eigenvalue weighted by Gasteiger charge is 2.31. The molecule has 0 spiro atoms. The number of unbranched alkanes of at least 4 members (excludes halogenated alkanes) is 2. The molecule has 2 aliphatic carbocycles. The van der Waals surface area contributed by atoms with Crippen molar-refractivity contribution in [2.24, 2.45) is 23.7 Å². The molecule has 2 aromatic carbocycles. The van der Waals surface area contributed by atoms with Gasteiger partial charge >= 0.3 is 24.1 Å². The van der Waals surface area contributed by atoms with Gasteiger partial charge in [0.15, 0.2) is 0 Å². The van der Waals surface area contributed by atoms with Crippen molar-refractivity contribution >= 4 is 24.1 Å². The number of esters is 3. The average Bonchev–Trinajstić information content (AvgIpc) is 3.32. The van der Waals surface area contributed by atoms with Crippen LogP contribution in [0.4, 0.5) is 4.79 Å². The standard InChI is InChI=1S/C55H76O10/c1-6-8-9-15-41-19-21-43(22-20-41)44-23-25-45(26-24-44)46-27-29-47(30-28-46)50-35-48(17-11-31-60-51(56)7-2)52(49(36-50)18-12-32-62-53(57)39(3)4)61-33-13-34-63-54(58)40(5)14-10-16-42-37-64-55(59)65-38-42/h7,27-30,35-36,41-45H,2-3,5-6,8-26,31-34,37-38H2,1,4H3. The molecular formula is C55H76O10. The fourth-order valence-corrected chi connectivity index (χ4v) is 9.86. The number of carbonyl (C=O) groups excluding carboxylic acids is 4. The summed E-state index contributed by atoms with van der Waals surface area (Å²) in [4.78, 5) is 47.9. The Balaban J connectivity index is 1.21. The second-order valence-corrected chi connectivity index (χ2v) is 18.7. The first kappa shape index (κ1) is 51.1. The Hall–Kier alpha value is -4.86. The minimum absolute atomic E-state index is 0.102. The number of hydrogen-bond donors (Lipinski definition) is 0. The van der Waals surface area contributed by atoms with Crippen LogP contribution in [0.3, 0.4) is 0 Å². The van der Waals surface area contributed by atoms with Gasteiger partial charge in [-0.25, -0.2) is 19.2 Å². The summed E-state index contributed by atoms with van der Waals surface area (Å²) in [6.07, 6.45) is 21.7. The first-order valence-electron chi connectivity index (χ1n) is 24.7. The maximum absolute atomic E-state index is 12.7. The van der Waals surface area contributed by atoms with Crippen LogP contribution in [0.2, 0.25) is 0 Å². The molecule has 1 aliphatic heterocycles. The molecule has 2 saturated carbocycles. The summed E-state index contributed by atoms with van der Waals surface area (Å²) in [5, 5.41) is 0. The molecule has 0 amide bonds. The molecule has 0 radical (unpaired) electrons. The van der Waals surface area contributed by atoms with Crippen LogP contribution in [-0.2, 0) is 50.9 Å². The Morgan fingerprint density at radius 1 is 0.677 bits per heavy atom. The van der Waals surface area contributed by atoms with Crippen molar-refractivity contribution in [3.05, 3.63) is 90.0 Å². The second kappa shape index (κ2) is 27.6. The topological polar surface area (TPSA) is 124 Å². The molecule has 3 aliphatic rings. The van der Waals surface area contributed by atoms with Crippen LogP contribution in [0, 0.1) is 23.7 Å². The Kier molecular flexibility index (Phi) is 21.7. The smallest absolute Gasteiger partial charge is 0.493 e. The zero-order valence-corrected chi connectivity index (χ0v) is 39.5. The van der Waals surface area contributed by atoms with E-state index in [0.29, 0.717) is 81.8 Å². The molecule has 0 unspecified atom stereocenters. The van der Waals surface area contributed by atoms with Gasteiger partial charge in [-0.1, -0.05) is 89.5 Å². The van der Waals surface area contributed by atoms with Crippen molar-refractivity contribution in [2.75, 3.05) is 39.6 Å². The van der Waals surface area contributed by atoms with Crippen molar-refractivity contribution in [1.29, 1.82) is 0 Å².